The van der Waals surface area contributed by atoms with E-state index in [1.807, 2.05) is 6.07 Å². The van der Waals surface area contributed by atoms with Crippen LogP contribution in [-0.4, -0.2) is 28.0 Å². The van der Waals surface area contributed by atoms with E-state index >= 15 is 0 Å². The number of carbonyl (C=O) groups excluding carboxylic acids is 1. The van der Waals surface area contributed by atoms with Crippen LogP contribution in [0.25, 0.3) is 0 Å². The van der Waals surface area contributed by atoms with E-state index in [1.165, 1.54) is 17.7 Å². The second-order valence-corrected chi connectivity index (χ2v) is 7.01. The monoisotopic (exact) mass is 323 g/mol. The van der Waals surface area contributed by atoms with Gasteiger partial charge in [-0.05, 0) is 43.4 Å². The number of aromatic nitrogens is 1. The summed E-state index contributed by atoms with van der Waals surface area (Å²) < 4.78 is 2.22. The van der Waals surface area contributed by atoms with E-state index in [1.54, 1.807) is 0 Å². The molecule has 0 saturated heterocycles. The molecule has 2 aliphatic rings. The van der Waals surface area contributed by atoms with Gasteiger partial charge in [0, 0.05) is 37.9 Å². The number of hydrogen-bond donors (Lipinski definition) is 1. The molecule has 1 saturated carbocycles. The molecule has 2 heterocycles. The van der Waals surface area contributed by atoms with Gasteiger partial charge in [0.25, 0.3) is 5.91 Å². The molecule has 126 valence electrons. The molecule has 4 heteroatoms. The van der Waals surface area contributed by atoms with Crippen molar-refractivity contribution in [1.29, 1.82) is 0 Å². The van der Waals surface area contributed by atoms with Gasteiger partial charge in [0.2, 0.25) is 0 Å². The third kappa shape index (κ3) is 3.24. The van der Waals surface area contributed by atoms with Crippen LogP contribution in [0.1, 0.15) is 47.4 Å². The van der Waals surface area contributed by atoms with Gasteiger partial charge in [-0.1, -0.05) is 30.3 Å². The van der Waals surface area contributed by atoms with Gasteiger partial charge in [0.1, 0.15) is 5.69 Å². The Kier molecular flexibility index (Phi) is 4.39. The smallest absolute Gasteiger partial charge is 0.268 e. The molecule has 0 radical (unpaired) electrons. The highest BCUT2D eigenvalue weighted by atomic mass is 16.2. The summed E-state index contributed by atoms with van der Waals surface area (Å²) in [4.78, 5) is 15.0. The second kappa shape index (κ2) is 6.81. The quantitative estimate of drug-likeness (QED) is 0.938. The lowest BCUT2D eigenvalue weighted by Crippen LogP contribution is -2.40. The number of carbonyl (C=O) groups is 1. The molecule has 0 atom stereocenters. The predicted octanol–water partition coefficient (Wildman–Crippen LogP) is 3.18. The first-order valence-corrected chi connectivity index (χ1v) is 9.05. The van der Waals surface area contributed by atoms with Gasteiger partial charge in [0.05, 0.1) is 0 Å². The number of hydrogen-bond acceptors (Lipinski definition) is 2. The van der Waals surface area contributed by atoms with E-state index in [0.29, 0.717) is 6.04 Å². The second-order valence-electron chi connectivity index (χ2n) is 7.01. The van der Waals surface area contributed by atoms with Gasteiger partial charge >= 0.3 is 0 Å². The van der Waals surface area contributed by atoms with Gasteiger partial charge in [-0.25, -0.2) is 0 Å². The van der Waals surface area contributed by atoms with Crippen LogP contribution in [0.15, 0.2) is 42.5 Å². The summed E-state index contributed by atoms with van der Waals surface area (Å²) in [5.74, 6) is 0.0995. The van der Waals surface area contributed by atoms with Gasteiger partial charge in [-0.2, -0.15) is 0 Å². The van der Waals surface area contributed by atoms with E-state index in [2.05, 4.69) is 51.2 Å². The summed E-state index contributed by atoms with van der Waals surface area (Å²) in [5, 5.41) is 3.17. The first-order chi connectivity index (χ1) is 11.8. The molecule has 0 unspecified atom stereocenters. The predicted molar refractivity (Wildman–Crippen MR) is 94.7 cm³/mol. The highest BCUT2D eigenvalue weighted by Gasteiger charge is 2.24. The third-order valence-corrected chi connectivity index (χ3v) is 5.23. The standard InChI is InChI=1S/C20H25N3O/c24-20(21-17-8-4-9-17)19-11-10-18-15-22(12-5-13-23(18)19)14-16-6-2-1-3-7-16/h1-3,6-7,10-11,17H,4-5,8-9,12-15H2,(H,21,24). The molecule has 1 aromatic carbocycles. The maximum atomic E-state index is 12.5. The Morgan fingerprint density at radius 3 is 2.62 bits per heavy atom. The highest BCUT2D eigenvalue weighted by Crippen LogP contribution is 2.21. The van der Waals surface area contributed by atoms with E-state index in [0.717, 1.165) is 51.1 Å². The normalized spacial score (nSPS) is 18.5. The molecular weight excluding hydrogens is 298 g/mol. The molecule has 0 bridgehead atoms. The van der Waals surface area contributed by atoms with Crippen molar-refractivity contribution < 1.29 is 4.79 Å². The van der Waals surface area contributed by atoms with Gasteiger partial charge in [-0.15, -0.1) is 0 Å². The average molecular weight is 323 g/mol. The number of amides is 1. The van der Waals surface area contributed by atoms with E-state index in [4.69, 9.17) is 0 Å². The zero-order chi connectivity index (χ0) is 16.4. The van der Waals surface area contributed by atoms with Crippen LogP contribution >= 0.6 is 0 Å². The lowest BCUT2D eigenvalue weighted by Gasteiger charge is -2.26. The first-order valence-electron chi connectivity index (χ1n) is 9.05. The van der Waals surface area contributed by atoms with E-state index in [9.17, 15) is 4.79 Å². The van der Waals surface area contributed by atoms with Crippen LogP contribution in [0, 0.1) is 0 Å². The van der Waals surface area contributed by atoms with Crippen LogP contribution in [-0.2, 0) is 19.6 Å². The highest BCUT2D eigenvalue weighted by molar-refractivity contribution is 5.93. The molecule has 0 spiro atoms. The van der Waals surface area contributed by atoms with Crippen molar-refractivity contribution in [2.75, 3.05) is 6.54 Å². The SMILES string of the molecule is O=C(NC1CCC1)c1ccc2n1CCCN(Cc1ccccc1)C2. The number of nitrogens with one attached hydrogen (secondary N) is 1. The van der Waals surface area contributed by atoms with E-state index in [-0.39, 0.29) is 5.91 Å². The maximum Gasteiger partial charge on any atom is 0.268 e. The summed E-state index contributed by atoms with van der Waals surface area (Å²) in [7, 11) is 0. The number of nitrogens with zero attached hydrogens (tertiary/aromatic N) is 2. The lowest BCUT2D eigenvalue weighted by atomic mass is 9.93. The maximum absolute atomic E-state index is 12.5. The molecule has 24 heavy (non-hydrogen) atoms. The Hall–Kier alpha value is -2.07. The van der Waals surface area contributed by atoms with Crippen LogP contribution in [0.5, 0.6) is 0 Å². The minimum absolute atomic E-state index is 0.0995. The molecule has 1 aliphatic carbocycles. The largest absolute Gasteiger partial charge is 0.348 e. The van der Waals surface area contributed by atoms with Gasteiger partial charge in [0.15, 0.2) is 0 Å². The van der Waals surface area contributed by atoms with Crippen LogP contribution in [0.2, 0.25) is 0 Å². The Morgan fingerprint density at radius 1 is 1.04 bits per heavy atom. The average Bonchev–Trinajstić information content (AvgIpc) is 2.84. The fourth-order valence-corrected chi connectivity index (χ4v) is 3.66. The fourth-order valence-electron chi connectivity index (χ4n) is 3.66. The number of benzene rings is 1. The topological polar surface area (TPSA) is 37.3 Å². The molecule has 4 nitrogen and oxygen atoms in total. The molecule has 2 aromatic rings. The fraction of sp³-hybridized carbons (Fsp3) is 0.450. The summed E-state index contributed by atoms with van der Waals surface area (Å²) in [5.41, 5.74) is 3.43. The Labute approximate surface area is 143 Å². The Bertz CT molecular complexity index is 703. The summed E-state index contributed by atoms with van der Waals surface area (Å²) in [6, 6.07) is 15.1. The molecule has 1 fully saturated rings. The molecule has 1 N–H and O–H groups in total. The number of fused-ring (bicyclic) bond motifs is 1. The van der Waals surface area contributed by atoms with Crippen molar-refractivity contribution >= 4 is 5.91 Å². The molecular formula is C20H25N3O. The third-order valence-electron chi connectivity index (χ3n) is 5.23. The lowest BCUT2D eigenvalue weighted by molar-refractivity contribution is 0.0907. The minimum atomic E-state index is 0.0995. The van der Waals surface area contributed by atoms with Crippen molar-refractivity contribution in [3.05, 3.63) is 59.4 Å². The van der Waals surface area contributed by atoms with Crippen molar-refractivity contribution in [1.82, 2.24) is 14.8 Å². The first kappa shape index (κ1) is 15.5. The van der Waals surface area contributed by atoms with Crippen LogP contribution in [0.3, 0.4) is 0 Å². The molecule has 1 amide bonds. The summed E-state index contributed by atoms with van der Waals surface area (Å²) in [6.07, 6.45) is 4.58. The van der Waals surface area contributed by atoms with Crippen molar-refractivity contribution in [2.24, 2.45) is 0 Å². The molecule has 1 aliphatic heterocycles. The van der Waals surface area contributed by atoms with Crippen molar-refractivity contribution in [3.63, 3.8) is 0 Å². The van der Waals surface area contributed by atoms with Crippen molar-refractivity contribution in [2.45, 2.75) is 51.4 Å². The minimum Gasteiger partial charge on any atom is -0.348 e. The van der Waals surface area contributed by atoms with Crippen LogP contribution < -0.4 is 5.32 Å². The summed E-state index contributed by atoms with van der Waals surface area (Å²) >= 11 is 0. The Morgan fingerprint density at radius 2 is 1.88 bits per heavy atom. The zero-order valence-corrected chi connectivity index (χ0v) is 14.1. The van der Waals surface area contributed by atoms with E-state index < -0.39 is 0 Å². The molecule has 4 rings (SSSR count). The summed E-state index contributed by atoms with van der Waals surface area (Å²) in [6.45, 7) is 3.88. The Balaban J connectivity index is 1.46. The zero-order valence-electron chi connectivity index (χ0n) is 14.1. The number of rotatable bonds is 4. The van der Waals surface area contributed by atoms with Gasteiger partial charge in [-0.3, -0.25) is 9.69 Å². The van der Waals surface area contributed by atoms with Crippen LogP contribution in [0.4, 0.5) is 0 Å². The van der Waals surface area contributed by atoms with Gasteiger partial charge < -0.3 is 9.88 Å². The molecule has 1 aromatic heterocycles. The van der Waals surface area contributed by atoms with Crippen molar-refractivity contribution in [3.8, 4) is 0 Å².